The van der Waals surface area contributed by atoms with Gasteiger partial charge in [0.15, 0.2) is 11.5 Å². The van der Waals surface area contributed by atoms with E-state index in [1.807, 2.05) is 6.21 Å². The molecule has 0 saturated heterocycles. The molecule has 2 saturated carbocycles. The van der Waals surface area contributed by atoms with Crippen LogP contribution < -0.4 is 19.6 Å². The molecule has 1 N–H and O–H groups in total. The minimum absolute atomic E-state index is 0.298. The Morgan fingerprint density at radius 1 is 1.12 bits per heavy atom. The molecular formula is C18H24N2O4. The lowest BCUT2D eigenvalue weighted by molar-refractivity contribution is 0.0954. The van der Waals surface area contributed by atoms with E-state index in [2.05, 4.69) is 10.5 Å². The Kier molecular flexibility index (Phi) is 4.92. The first kappa shape index (κ1) is 16.6. The van der Waals surface area contributed by atoms with Gasteiger partial charge in [0, 0.05) is 11.8 Å². The summed E-state index contributed by atoms with van der Waals surface area (Å²) in [6.45, 7) is 0. The molecular weight excluding hydrogens is 308 g/mol. The molecule has 0 radical (unpaired) electrons. The average Bonchev–Trinajstić information content (AvgIpc) is 3.23. The lowest BCUT2D eigenvalue weighted by Gasteiger charge is -2.16. The van der Waals surface area contributed by atoms with Gasteiger partial charge >= 0.3 is 0 Å². The van der Waals surface area contributed by atoms with E-state index in [-0.39, 0.29) is 5.91 Å². The fourth-order valence-electron chi connectivity index (χ4n) is 3.94. The summed E-state index contributed by atoms with van der Waals surface area (Å²) in [5.41, 5.74) is 3.02. The van der Waals surface area contributed by atoms with Gasteiger partial charge in [0.05, 0.1) is 21.3 Å². The van der Waals surface area contributed by atoms with Crippen LogP contribution in [-0.4, -0.2) is 33.5 Å². The first-order valence-corrected chi connectivity index (χ1v) is 8.29. The van der Waals surface area contributed by atoms with Gasteiger partial charge < -0.3 is 14.2 Å². The van der Waals surface area contributed by atoms with Gasteiger partial charge in [-0.1, -0.05) is 6.42 Å². The van der Waals surface area contributed by atoms with Gasteiger partial charge in [-0.05, 0) is 49.1 Å². The van der Waals surface area contributed by atoms with Crippen LogP contribution in [0.2, 0.25) is 0 Å². The number of rotatable bonds is 6. The number of carbonyl (C=O) groups is 1. The average molecular weight is 332 g/mol. The molecule has 1 aromatic rings. The molecule has 3 unspecified atom stereocenters. The second kappa shape index (κ2) is 7.11. The molecule has 24 heavy (non-hydrogen) atoms. The van der Waals surface area contributed by atoms with Crippen molar-refractivity contribution in [2.24, 2.45) is 22.9 Å². The Balaban J connectivity index is 1.68. The Bertz CT molecular complexity index is 619. The van der Waals surface area contributed by atoms with Gasteiger partial charge in [-0.15, -0.1) is 0 Å². The lowest BCUT2D eigenvalue weighted by Crippen LogP contribution is -2.20. The summed E-state index contributed by atoms with van der Waals surface area (Å²) in [4.78, 5) is 12.3. The van der Waals surface area contributed by atoms with E-state index in [0.29, 0.717) is 28.7 Å². The summed E-state index contributed by atoms with van der Waals surface area (Å²) in [6.07, 6.45) is 7.07. The molecule has 0 heterocycles. The van der Waals surface area contributed by atoms with Crippen molar-refractivity contribution in [3.8, 4) is 17.2 Å². The van der Waals surface area contributed by atoms with Gasteiger partial charge in [-0.25, -0.2) is 5.43 Å². The van der Waals surface area contributed by atoms with E-state index in [0.717, 1.165) is 11.8 Å². The summed E-state index contributed by atoms with van der Waals surface area (Å²) in [5, 5.41) is 4.16. The highest BCUT2D eigenvalue weighted by molar-refractivity contribution is 5.95. The first-order valence-electron chi connectivity index (χ1n) is 8.29. The van der Waals surface area contributed by atoms with E-state index < -0.39 is 0 Å². The predicted octanol–water partition coefficient (Wildman–Crippen LogP) is 2.86. The van der Waals surface area contributed by atoms with Crippen molar-refractivity contribution >= 4 is 12.1 Å². The Labute approximate surface area is 142 Å². The van der Waals surface area contributed by atoms with Crippen LogP contribution in [-0.2, 0) is 0 Å². The Hall–Kier alpha value is -2.24. The quantitative estimate of drug-likeness (QED) is 0.642. The topological polar surface area (TPSA) is 69.2 Å². The maximum atomic E-state index is 12.3. The van der Waals surface area contributed by atoms with Crippen molar-refractivity contribution in [2.75, 3.05) is 21.3 Å². The van der Waals surface area contributed by atoms with Gasteiger partial charge in [0.25, 0.3) is 5.91 Å². The highest BCUT2D eigenvalue weighted by Crippen LogP contribution is 2.47. The molecule has 130 valence electrons. The van der Waals surface area contributed by atoms with Gasteiger partial charge in [0.2, 0.25) is 5.75 Å². The number of amides is 1. The van der Waals surface area contributed by atoms with Crippen molar-refractivity contribution in [1.82, 2.24) is 5.43 Å². The fraction of sp³-hybridized carbons (Fsp3) is 0.556. The molecule has 2 fully saturated rings. The van der Waals surface area contributed by atoms with Crippen LogP contribution in [0.1, 0.15) is 36.0 Å². The van der Waals surface area contributed by atoms with E-state index in [9.17, 15) is 4.79 Å². The highest BCUT2D eigenvalue weighted by atomic mass is 16.5. The second-order valence-electron chi connectivity index (χ2n) is 6.47. The summed E-state index contributed by atoms with van der Waals surface area (Å²) < 4.78 is 15.8. The van der Waals surface area contributed by atoms with Gasteiger partial charge in [-0.2, -0.15) is 5.10 Å². The number of hydrogen-bond donors (Lipinski definition) is 1. The number of methoxy groups -OCH3 is 3. The number of fused-ring (bicyclic) bond motifs is 2. The minimum Gasteiger partial charge on any atom is -0.493 e. The van der Waals surface area contributed by atoms with Crippen LogP contribution in [0.25, 0.3) is 0 Å². The number of nitrogens with zero attached hydrogens (tertiary/aromatic N) is 1. The largest absolute Gasteiger partial charge is 0.493 e. The van der Waals surface area contributed by atoms with Gasteiger partial charge in [0.1, 0.15) is 0 Å². The zero-order valence-electron chi connectivity index (χ0n) is 14.4. The molecule has 2 aliphatic carbocycles. The van der Waals surface area contributed by atoms with Crippen LogP contribution in [0.4, 0.5) is 0 Å². The van der Waals surface area contributed by atoms with Crippen molar-refractivity contribution in [3.05, 3.63) is 17.7 Å². The third-order valence-corrected chi connectivity index (χ3v) is 5.15. The Morgan fingerprint density at radius 3 is 2.33 bits per heavy atom. The molecule has 2 bridgehead atoms. The number of nitrogens with one attached hydrogen (secondary N) is 1. The van der Waals surface area contributed by atoms with Crippen LogP contribution in [0, 0.1) is 17.8 Å². The molecule has 3 atom stereocenters. The maximum Gasteiger partial charge on any atom is 0.271 e. The molecule has 6 nitrogen and oxygen atoms in total. The molecule has 1 aromatic carbocycles. The van der Waals surface area contributed by atoms with Gasteiger partial charge in [-0.3, -0.25) is 4.79 Å². The summed E-state index contributed by atoms with van der Waals surface area (Å²) in [7, 11) is 4.57. The minimum atomic E-state index is -0.298. The third-order valence-electron chi connectivity index (χ3n) is 5.15. The van der Waals surface area contributed by atoms with Crippen molar-refractivity contribution in [2.45, 2.75) is 25.7 Å². The fourth-order valence-corrected chi connectivity index (χ4v) is 3.94. The maximum absolute atomic E-state index is 12.3. The Morgan fingerprint density at radius 2 is 1.83 bits per heavy atom. The SMILES string of the molecule is COc1cc(C(=O)N/N=C/C2CC3CCC2C3)cc(OC)c1OC. The van der Waals surface area contributed by atoms with Crippen molar-refractivity contribution < 1.29 is 19.0 Å². The molecule has 6 heteroatoms. The zero-order chi connectivity index (χ0) is 17.1. The lowest BCUT2D eigenvalue weighted by atomic mass is 9.90. The number of carbonyl (C=O) groups excluding carboxylic acids is 1. The van der Waals surface area contributed by atoms with Crippen LogP contribution in [0.5, 0.6) is 17.2 Å². The highest BCUT2D eigenvalue weighted by Gasteiger charge is 2.38. The smallest absolute Gasteiger partial charge is 0.271 e. The normalized spacial score (nSPS) is 25.0. The third kappa shape index (κ3) is 3.18. The number of benzene rings is 1. The van der Waals surface area contributed by atoms with Crippen molar-refractivity contribution in [3.63, 3.8) is 0 Å². The molecule has 0 aromatic heterocycles. The molecule has 0 spiro atoms. The van der Waals surface area contributed by atoms with E-state index in [1.165, 1.54) is 47.0 Å². The van der Waals surface area contributed by atoms with Crippen LogP contribution in [0.3, 0.4) is 0 Å². The van der Waals surface area contributed by atoms with E-state index in [4.69, 9.17) is 14.2 Å². The van der Waals surface area contributed by atoms with E-state index in [1.54, 1.807) is 12.1 Å². The summed E-state index contributed by atoms with van der Waals surface area (Å²) in [6, 6.07) is 3.23. The second-order valence-corrected chi connectivity index (χ2v) is 6.47. The summed E-state index contributed by atoms with van der Waals surface area (Å²) in [5.74, 6) is 3.16. The predicted molar refractivity (Wildman–Crippen MR) is 91.0 cm³/mol. The molecule has 0 aliphatic heterocycles. The van der Waals surface area contributed by atoms with Crippen molar-refractivity contribution in [1.29, 1.82) is 0 Å². The van der Waals surface area contributed by atoms with Crippen LogP contribution in [0.15, 0.2) is 17.2 Å². The van der Waals surface area contributed by atoms with Crippen LogP contribution >= 0.6 is 0 Å². The van der Waals surface area contributed by atoms with E-state index >= 15 is 0 Å². The zero-order valence-corrected chi connectivity index (χ0v) is 14.4. The molecule has 1 amide bonds. The number of hydrogen-bond acceptors (Lipinski definition) is 5. The molecule has 3 rings (SSSR count). The monoisotopic (exact) mass is 332 g/mol. The number of ether oxygens (including phenoxy) is 3. The standard InChI is InChI=1S/C18H24N2O4/c1-22-15-8-13(9-16(23-2)17(15)24-3)18(21)20-19-10-14-7-11-4-5-12(14)6-11/h8-12,14H,4-7H2,1-3H3,(H,20,21)/b19-10+. The first-order chi connectivity index (χ1) is 11.7. The summed E-state index contributed by atoms with van der Waals surface area (Å²) >= 11 is 0. The molecule has 2 aliphatic rings. The number of hydrazone groups is 1.